The largest absolute Gasteiger partial charge is 0.494 e. The number of hydrogen-bond donors (Lipinski definition) is 1. The van der Waals surface area contributed by atoms with Crippen LogP contribution in [0.2, 0.25) is 0 Å². The number of nitro groups is 1. The topological polar surface area (TPSA) is 89.9 Å². The number of rotatable bonds is 6. The third-order valence-electron chi connectivity index (χ3n) is 3.01. The molecule has 0 saturated carbocycles. The van der Waals surface area contributed by atoms with E-state index >= 15 is 0 Å². The zero-order valence-electron chi connectivity index (χ0n) is 12.1. The van der Waals surface area contributed by atoms with Crippen LogP contribution in [0, 0.1) is 10.1 Å². The lowest BCUT2D eigenvalue weighted by Gasteiger charge is -2.09. The maximum atomic E-state index is 10.7. The van der Waals surface area contributed by atoms with Crippen molar-refractivity contribution in [1.82, 2.24) is 4.73 Å². The van der Waals surface area contributed by atoms with Gasteiger partial charge in [-0.15, -0.1) is 0 Å². The summed E-state index contributed by atoms with van der Waals surface area (Å²) >= 11 is 0. The highest BCUT2D eigenvalue weighted by Gasteiger charge is 2.07. The van der Waals surface area contributed by atoms with Gasteiger partial charge in [0.05, 0.1) is 29.8 Å². The zero-order chi connectivity index (χ0) is 15.9. The molecule has 0 aliphatic heterocycles. The van der Waals surface area contributed by atoms with Crippen molar-refractivity contribution in [2.45, 2.75) is 19.4 Å². The van der Waals surface area contributed by atoms with E-state index < -0.39 is 4.92 Å². The first-order chi connectivity index (χ1) is 10.6. The van der Waals surface area contributed by atoms with Crippen molar-refractivity contribution >= 4 is 5.69 Å². The van der Waals surface area contributed by atoms with E-state index in [9.17, 15) is 15.3 Å². The van der Waals surface area contributed by atoms with Crippen LogP contribution in [0.3, 0.4) is 0 Å². The lowest BCUT2D eigenvalue weighted by Crippen LogP contribution is -2.21. The summed E-state index contributed by atoms with van der Waals surface area (Å²) < 4.78 is 6.33. The quantitative estimate of drug-likeness (QED) is 0.504. The second kappa shape index (κ2) is 7.26. The molecule has 0 spiro atoms. The van der Waals surface area contributed by atoms with Gasteiger partial charge in [-0.25, -0.2) is 0 Å². The summed E-state index contributed by atoms with van der Waals surface area (Å²) in [6.07, 6.45) is 1.82. The Bertz CT molecular complexity index is 697. The summed E-state index contributed by atoms with van der Waals surface area (Å²) in [6.45, 7) is 2.32. The summed E-state index contributed by atoms with van der Waals surface area (Å²) in [6, 6.07) is 11.7. The van der Waals surface area contributed by atoms with Crippen molar-refractivity contribution in [1.29, 1.82) is 0 Å². The van der Waals surface area contributed by atoms with E-state index in [0.29, 0.717) is 13.0 Å². The molecule has 0 amide bonds. The molecule has 0 bridgehead atoms. The predicted molar refractivity (Wildman–Crippen MR) is 79.8 cm³/mol. The molecule has 1 N–H and O–H groups in total. The molecule has 116 valence electrons. The Morgan fingerprint density at radius 3 is 2.77 bits per heavy atom. The van der Waals surface area contributed by atoms with Crippen molar-refractivity contribution in [3.63, 3.8) is 0 Å². The van der Waals surface area contributed by atoms with E-state index in [1.807, 2.05) is 37.3 Å². The minimum absolute atomic E-state index is 0.114. The molecule has 2 rings (SSSR count). The Morgan fingerprint density at radius 2 is 2.09 bits per heavy atom. The van der Waals surface area contributed by atoms with Crippen LogP contribution >= 0.6 is 0 Å². The number of hydrogen-bond acceptors (Lipinski definition) is 5. The Morgan fingerprint density at radius 1 is 1.36 bits per heavy atom. The van der Waals surface area contributed by atoms with E-state index in [1.165, 1.54) is 18.3 Å². The number of ether oxygens (including phenoxy) is 1. The van der Waals surface area contributed by atoms with Crippen molar-refractivity contribution < 1.29 is 14.9 Å². The normalized spacial score (nSPS) is 12.9. The summed E-state index contributed by atoms with van der Waals surface area (Å²) in [5.41, 5.74) is 0.0261. The Kier molecular flexibility index (Phi) is 5.13. The third kappa shape index (κ3) is 4.34. The number of pyridine rings is 1. The molecular formula is C15H17N3O4. The van der Waals surface area contributed by atoms with Gasteiger partial charge in [0.2, 0.25) is 0 Å². The fourth-order valence-electron chi connectivity index (χ4n) is 1.83. The lowest BCUT2D eigenvalue weighted by atomic mass is 10.2. The first-order valence-corrected chi connectivity index (χ1v) is 6.84. The molecular weight excluding hydrogens is 286 g/mol. The minimum atomic E-state index is -0.526. The van der Waals surface area contributed by atoms with Crippen molar-refractivity contribution in [2.24, 2.45) is 4.99 Å². The average Bonchev–Trinajstić information content (AvgIpc) is 2.50. The molecule has 0 saturated heterocycles. The average molecular weight is 303 g/mol. The molecule has 0 aliphatic carbocycles. The first kappa shape index (κ1) is 15.6. The molecule has 7 heteroatoms. The van der Waals surface area contributed by atoms with Crippen LogP contribution in [0.1, 0.15) is 13.3 Å². The smallest absolute Gasteiger partial charge is 0.274 e. The van der Waals surface area contributed by atoms with Crippen LogP contribution in [-0.2, 0) is 0 Å². The van der Waals surface area contributed by atoms with Crippen molar-refractivity contribution in [3.05, 3.63) is 64.3 Å². The van der Waals surface area contributed by atoms with Gasteiger partial charge in [0.25, 0.3) is 5.69 Å². The predicted octanol–water partition coefficient (Wildman–Crippen LogP) is 2.39. The van der Waals surface area contributed by atoms with E-state index in [4.69, 9.17) is 4.74 Å². The van der Waals surface area contributed by atoms with Gasteiger partial charge in [-0.3, -0.25) is 15.1 Å². The highest BCUT2D eigenvalue weighted by Crippen LogP contribution is 2.09. The van der Waals surface area contributed by atoms with Crippen LogP contribution in [0.15, 0.2) is 53.7 Å². The van der Waals surface area contributed by atoms with Crippen LogP contribution in [0.25, 0.3) is 0 Å². The minimum Gasteiger partial charge on any atom is -0.494 e. The number of nitrogens with zero attached hydrogens (tertiary/aromatic N) is 3. The summed E-state index contributed by atoms with van der Waals surface area (Å²) in [7, 11) is 0. The molecule has 22 heavy (non-hydrogen) atoms. The molecule has 0 radical (unpaired) electrons. The van der Waals surface area contributed by atoms with Crippen molar-refractivity contribution in [3.8, 4) is 5.75 Å². The van der Waals surface area contributed by atoms with Crippen LogP contribution in [0.5, 0.6) is 5.75 Å². The molecule has 1 aromatic carbocycles. The Balaban J connectivity index is 1.99. The van der Waals surface area contributed by atoms with Crippen LogP contribution in [0.4, 0.5) is 5.69 Å². The van der Waals surface area contributed by atoms with Gasteiger partial charge in [-0.05, 0) is 19.1 Å². The maximum Gasteiger partial charge on any atom is 0.274 e. The highest BCUT2D eigenvalue weighted by molar-refractivity contribution is 5.25. The fourth-order valence-corrected chi connectivity index (χ4v) is 1.83. The molecule has 1 aromatic heterocycles. The maximum absolute atomic E-state index is 10.7. The Labute approximate surface area is 127 Å². The highest BCUT2D eigenvalue weighted by atomic mass is 16.6. The molecule has 0 aliphatic rings. The number of benzene rings is 1. The van der Waals surface area contributed by atoms with Gasteiger partial charge in [-0.1, -0.05) is 18.2 Å². The van der Waals surface area contributed by atoms with E-state index in [2.05, 4.69) is 4.99 Å². The lowest BCUT2D eigenvalue weighted by molar-refractivity contribution is -0.385. The molecule has 1 unspecified atom stereocenters. The molecule has 0 fully saturated rings. The molecule has 1 atom stereocenters. The van der Waals surface area contributed by atoms with E-state index in [1.54, 1.807) is 0 Å². The second-order valence-electron chi connectivity index (χ2n) is 4.77. The summed E-state index contributed by atoms with van der Waals surface area (Å²) in [5, 5.41) is 20.4. The summed E-state index contributed by atoms with van der Waals surface area (Å²) in [4.78, 5) is 14.5. The third-order valence-corrected chi connectivity index (χ3v) is 3.01. The molecule has 2 aromatic rings. The molecule has 1 heterocycles. The molecule has 7 nitrogen and oxygen atoms in total. The summed E-state index contributed by atoms with van der Waals surface area (Å²) in [5.74, 6) is 0.780. The van der Waals surface area contributed by atoms with Gasteiger partial charge in [0.15, 0.2) is 5.49 Å². The fraction of sp³-hybridized carbons (Fsp3) is 0.267. The number of aromatic nitrogens is 1. The van der Waals surface area contributed by atoms with Crippen LogP contribution < -0.4 is 10.2 Å². The Hall–Kier alpha value is -2.83. The van der Waals surface area contributed by atoms with Gasteiger partial charge >= 0.3 is 0 Å². The standard InChI is InChI=1S/C15H17N3O4/c1-12(8-10-22-14-5-3-2-4-6-14)16-15-11-13(18(20)21)7-9-17(15)19/h2-7,9,11-12,19H,8,10H2,1H3. The van der Waals surface area contributed by atoms with Gasteiger partial charge in [-0.2, -0.15) is 4.73 Å². The van der Waals surface area contributed by atoms with E-state index in [-0.39, 0.29) is 17.2 Å². The SMILES string of the molecule is CC(CCOc1ccccc1)N=c1cc([N+](=O)[O-])ccn1O. The van der Waals surface area contributed by atoms with Gasteiger partial charge in [0, 0.05) is 12.5 Å². The zero-order valence-corrected chi connectivity index (χ0v) is 12.1. The van der Waals surface area contributed by atoms with Gasteiger partial charge < -0.3 is 9.94 Å². The monoisotopic (exact) mass is 303 g/mol. The van der Waals surface area contributed by atoms with Crippen LogP contribution in [-0.4, -0.2) is 27.5 Å². The number of para-hydroxylation sites is 1. The first-order valence-electron chi connectivity index (χ1n) is 6.84. The van der Waals surface area contributed by atoms with E-state index in [0.717, 1.165) is 10.5 Å². The second-order valence-corrected chi connectivity index (χ2v) is 4.77. The van der Waals surface area contributed by atoms with Crippen molar-refractivity contribution in [2.75, 3.05) is 6.61 Å². The van der Waals surface area contributed by atoms with Gasteiger partial charge in [0.1, 0.15) is 5.75 Å².